The second-order valence-corrected chi connectivity index (χ2v) is 7.53. The van der Waals surface area contributed by atoms with Crippen LogP contribution in [0.4, 0.5) is 0 Å². The van der Waals surface area contributed by atoms with Crippen LogP contribution in [0.5, 0.6) is 0 Å². The number of allylic oxidation sites excluding steroid dienone is 2. The van der Waals surface area contributed by atoms with Gasteiger partial charge in [-0.05, 0) is 58.5 Å². The van der Waals surface area contributed by atoms with Crippen molar-refractivity contribution in [2.45, 2.75) is 89.8 Å². The van der Waals surface area contributed by atoms with Gasteiger partial charge in [0.05, 0.1) is 11.3 Å². The first-order valence-electron chi connectivity index (χ1n) is 12.1. The van der Waals surface area contributed by atoms with Gasteiger partial charge < -0.3 is 4.98 Å². The second-order valence-electron chi connectivity index (χ2n) is 7.53. The lowest BCUT2D eigenvalue weighted by molar-refractivity contribution is -0.319. The molecule has 1 aromatic heterocycles. The van der Waals surface area contributed by atoms with Crippen molar-refractivity contribution in [2.24, 2.45) is 0 Å². The quantitative estimate of drug-likeness (QED) is 0.479. The molecule has 0 atom stereocenters. The summed E-state index contributed by atoms with van der Waals surface area (Å²) in [7, 11) is 0. The largest absolute Gasteiger partial charge is 0.483 e. The third kappa shape index (κ3) is 6.85. The van der Waals surface area contributed by atoms with Gasteiger partial charge >= 0.3 is 6.85 Å². The number of aromatic nitrogens is 1. The molecule has 0 bridgehead atoms. The zero-order valence-electron chi connectivity index (χ0n) is 22.5. The van der Waals surface area contributed by atoms with Crippen molar-refractivity contribution in [1.82, 2.24) is 4.98 Å². The van der Waals surface area contributed by atoms with E-state index in [0.717, 1.165) is 0 Å². The highest BCUT2D eigenvalue weighted by Gasteiger charge is 2.34. The number of benzene rings is 1. The fourth-order valence-electron chi connectivity index (χ4n) is 3.91. The maximum Gasteiger partial charge on any atom is 0.483 e. The fourth-order valence-corrected chi connectivity index (χ4v) is 3.91. The minimum atomic E-state index is 0.417. The van der Waals surface area contributed by atoms with E-state index in [2.05, 4.69) is 94.1 Å². The Balaban J connectivity index is 0.00000138. The molecule has 0 spiro atoms. The van der Waals surface area contributed by atoms with Gasteiger partial charge in [0.2, 0.25) is 0 Å². The van der Waals surface area contributed by atoms with Gasteiger partial charge in [-0.3, -0.25) is 4.49 Å². The molecule has 2 heterocycles. The van der Waals surface area contributed by atoms with Gasteiger partial charge in [0, 0.05) is 24.3 Å². The summed E-state index contributed by atoms with van der Waals surface area (Å²) in [5.74, 6) is 0. The number of H-pyrrole nitrogens is 1. The number of nitrogens with zero attached hydrogens (tertiary/aromatic N) is 1. The summed E-state index contributed by atoms with van der Waals surface area (Å²) in [6, 6.07) is 11.1. The van der Waals surface area contributed by atoms with Crippen LogP contribution in [0.1, 0.15) is 83.5 Å². The average Bonchev–Trinajstić information content (AvgIpc) is 3.25. The van der Waals surface area contributed by atoms with E-state index in [1.807, 2.05) is 41.5 Å². The fraction of sp³-hybridized carbons (Fsp3) is 0.464. The Hall–Kier alpha value is -2.29. The van der Waals surface area contributed by atoms with Crippen molar-refractivity contribution < 1.29 is 4.49 Å². The van der Waals surface area contributed by atoms with E-state index in [1.165, 1.54) is 50.6 Å². The highest BCUT2D eigenvalue weighted by molar-refractivity contribution is 6.48. The molecular weight excluding hydrogens is 375 g/mol. The number of hydrogen-bond donors (Lipinski definition) is 1. The summed E-state index contributed by atoms with van der Waals surface area (Å²) in [6.45, 7) is 27.8. The summed E-state index contributed by atoms with van der Waals surface area (Å²) in [5.41, 5.74) is 11.5. The Morgan fingerprint density at radius 2 is 1.32 bits per heavy atom. The van der Waals surface area contributed by atoms with Gasteiger partial charge in [-0.25, -0.2) is 0 Å². The van der Waals surface area contributed by atoms with Crippen molar-refractivity contribution >= 4 is 18.1 Å². The predicted molar refractivity (Wildman–Crippen MR) is 144 cm³/mol. The van der Waals surface area contributed by atoms with Crippen LogP contribution in [0.3, 0.4) is 0 Å². The monoisotopic (exact) mass is 421 g/mol. The van der Waals surface area contributed by atoms with Crippen molar-refractivity contribution in [3.8, 4) is 0 Å². The topological polar surface area (TPSA) is 18.8 Å². The van der Waals surface area contributed by atoms with Crippen LogP contribution in [-0.4, -0.2) is 22.0 Å². The summed E-state index contributed by atoms with van der Waals surface area (Å²) >= 11 is 0. The molecule has 170 valence electrons. The van der Waals surface area contributed by atoms with E-state index in [1.54, 1.807) is 0 Å². The SMILES string of the molecule is CB(C)[N+]1=C(C)C=C(C)/C1=C(\c1ccc(C)cc1)c1[nH]c(C)cc1C.CC.CC.CC. The molecule has 0 saturated heterocycles. The summed E-state index contributed by atoms with van der Waals surface area (Å²) in [6.07, 6.45) is 2.30. The second kappa shape index (κ2) is 13.9. The van der Waals surface area contributed by atoms with Gasteiger partial charge in [0.15, 0.2) is 11.4 Å². The van der Waals surface area contributed by atoms with Crippen molar-refractivity contribution in [3.63, 3.8) is 0 Å². The standard InChI is InChI=1S/C22H27BN2.3C2H6/c1-14-8-10-19(11-9-14)20(21-15(2)12-17(4)24-21)22-16(3)13-18(5)25(22)23(6)7;3*1-2/h8-13H,1-7H3;3*1-2H3/p+1. The molecule has 1 aliphatic heterocycles. The molecular formula is C28H46BN2+. The molecule has 0 saturated carbocycles. The first-order chi connectivity index (χ1) is 14.8. The molecule has 1 aliphatic rings. The molecule has 3 heteroatoms. The first kappa shape index (κ1) is 28.7. The molecule has 0 aliphatic carbocycles. The Labute approximate surface area is 193 Å². The van der Waals surface area contributed by atoms with E-state index < -0.39 is 0 Å². The van der Waals surface area contributed by atoms with Gasteiger partial charge in [0.1, 0.15) is 0 Å². The number of rotatable bonds is 3. The normalized spacial score (nSPS) is 13.8. The Bertz CT molecular complexity index is 907. The summed E-state index contributed by atoms with van der Waals surface area (Å²) in [4.78, 5) is 3.61. The average molecular weight is 422 g/mol. The molecule has 0 unspecified atom stereocenters. The van der Waals surface area contributed by atoms with Gasteiger partial charge in [-0.1, -0.05) is 71.4 Å². The number of nitrogens with one attached hydrogen (secondary N) is 1. The summed E-state index contributed by atoms with van der Waals surface area (Å²) in [5, 5.41) is 0. The third-order valence-electron chi connectivity index (χ3n) is 4.91. The van der Waals surface area contributed by atoms with E-state index in [9.17, 15) is 0 Å². The third-order valence-corrected chi connectivity index (χ3v) is 4.91. The van der Waals surface area contributed by atoms with Crippen LogP contribution in [0, 0.1) is 20.8 Å². The van der Waals surface area contributed by atoms with E-state index >= 15 is 0 Å². The smallest absolute Gasteiger partial charge is 0.358 e. The molecule has 0 radical (unpaired) electrons. The van der Waals surface area contributed by atoms with Crippen molar-refractivity contribution in [3.05, 3.63) is 75.8 Å². The molecule has 1 N–H and O–H groups in total. The van der Waals surface area contributed by atoms with E-state index in [4.69, 9.17) is 0 Å². The Kier molecular flexibility index (Phi) is 12.9. The van der Waals surface area contributed by atoms with Gasteiger partial charge in [-0.2, -0.15) is 0 Å². The highest BCUT2D eigenvalue weighted by Crippen LogP contribution is 2.35. The molecule has 3 rings (SSSR count). The van der Waals surface area contributed by atoms with Crippen molar-refractivity contribution in [2.75, 3.05) is 0 Å². The van der Waals surface area contributed by atoms with Crippen LogP contribution in [0.15, 0.2) is 47.7 Å². The molecule has 2 aromatic rings. The zero-order valence-corrected chi connectivity index (χ0v) is 22.5. The highest BCUT2D eigenvalue weighted by atomic mass is 15.0. The first-order valence-corrected chi connectivity index (χ1v) is 12.1. The van der Waals surface area contributed by atoms with Gasteiger partial charge in [-0.15, -0.1) is 0 Å². The zero-order chi connectivity index (χ0) is 24.3. The van der Waals surface area contributed by atoms with Gasteiger partial charge in [0.25, 0.3) is 0 Å². The number of aryl methyl sites for hydroxylation is 3. The van der Waals surface area contributed by atoms with Crippen LogP contribution < -0.4 is 0 Å². The predicted octanol–water partition coefficient (Wildman–Crippen LogP) is 8.46. The van der Waals surface area contributed by atoms with Crippen LogP contribution in [-0.2, 0) is 0 Å². The van der Waals surface area contributed by atoms with E-state index in [-0.39, 0.29) is 0 Å². The molecule has 2 nitrogen and oxygen atoms in total. The Morgan fingerprint density at radius 3 is 1.74 bits per heavy atom. The molecule has 0 amide bonds. The number of hydrogen-bond acceptors (Lipinski definition) is 0. The molecule has 31 heavy (non-hydrogen) atoms. The lowest BCUT2D eigenvalue weighted by Gasteiger charge is -2.14. The van der Waals surface area contributed by atoms with Crippen molar-refractivity contribution in [1.29, 1.82) is 0 Å². The molecule has 1 aromatic carbocycles. The van der Waals surface area contributed by atoms with Crippen LogP contribution in [0.25, 0.3) is 5.57 Å². The maximum atomic E-state index is 3.61. The lowest BCUT2D eigenvalue weighted by atomic mass is 9.66. The van der Waals surface area contributed by atoms with Crippen LogP contribution in [0.2, 0.25) is 13.6 Å². The maximum absolute atomic E-state index is 3.61. The number of aromatic amines is 1. The molecule has 0 fully saturated rings. The lowest BCUT2D eigenvalue weighted by Crippen LogP contribution is -2.26. The summed E-state index contributed by atoms with van der Waals surface area (Å²) < 4.78 is 2.46. The van der Waals surface area contributed by atoms with E-state index in [0.29, 0.717) is 6.85 Å². The van der Waals surface area contributed by atoms with Crippen LogP contribution >= 0.6 is 0 Å². The Morgan fingerprint density at radius 1 is 0.806 bits per heavy atom. The minimum absolute atomic E-state index is 0.417. The minimum Gasteiger partial charge on any atom is -0.358 e.